The number of carbonyl (C=O) groups is 5. The molecule has 0 saturated carbocycles. The van der Waals surface area contributed by atoms with Gasteiger partial charge in [-0.2, -0.15) is 0 Å². The molecule has 1 heterocycles. The summed E-state index contributed by atoms with van der Waals surface area (Å²) in [6.07, 6.45) is 1.71. The zero-order valence-corrected chi connectivity index (χ0v) is 17.1. The maximum Gasteiger partial charge on any atom is 0.240 e. The monoisotopic (exact) mass is 396 g/mol. The lowest BCUT2D eigenvalue weighted by Gasteiger charge is -2.20. The molecule has 1 aliphatic rings. The normalized spacial score (nSPS) is 17.9. The van der Waals surface area contributed by atoms with E-state index in [2.05, 4.69) is 10.6 Å². The Morgan fingerprint density at radius 1 is 1.14 bits per heavy atom. The maximum atomic E-state index is 12.5. The molecule has 9 nitrogen and oxygen atoms in total. The van der Waals surface area contributed by atoms with E-state index in [1.807, 2.05) is 13.8 Å². The van der Waals surface area contributed by atoms with Gasteiger partial charge in [0, 0.05) is 19.4 Å². The Bertz CT molecular complexity index is 615. The minimum Gasteiger partial charge on any atom is -0.368 e. The average molecular weight is 396 g/mol. The molecule has 1 unspecified atom stereocenters. The number of imide groups is 1. The first-order valence-corrected chi connectivity index (χ1v) is 9.81. The van der Waals surface area contributed by atoms with Crippen molar-refractivity contribution in [2.75, 3.05) is 13.1 Å². The Hall–Kier alpha value is -2.45. The van der Waals surface area contributed by atoms with Crippen LogP contribution in [0, 0.1) is 17.8 Å². The number of nitrogens with one attached hydrogen (secondary N) is 2. The van der Waals surface area contributed by atoms with Crippen LogP contribution in [0.2, 0.25) is 0 Å². The third-order valence-electron chi connectivity index (χ3n) is 5.16. The summed E-state index contributed by atoms with van der Waals surface area (Å²) in [7, 11) is 0. The van der Waals surface area contributed by atoms with Crippen LogP contribution in [0.15, 0.2) is 0 Å². The lowest BCUT2D eigenvalue weighted by atomic mass is 9.87. The van der Waals surface area contributed by atoms with Crippen LogP contribution < -0.4 is 16.4 Å². The molecule has 0 aromatic carbocycles. The molecule has 158 valence electrons. The first-order valence-electron chi connectivity index (χ1n) is 9.81. The lowest BCUT2D eigenvalue weighted by Crippen LogP contribution is -2.48. The third-order valence-corrected chi connectivity index (χ3v) is 5.16. The van der Waals surface area contributed by atoms with E-state index in [-0.39, 0.29) is 55.5 Å². The van der Waals surface area contributed by atoms with Crippen LogP contribution in [0.4, 0.5) is 0 Å². The van der Waals surface area contributed by atoms with Crippen LogP contribution in [0.1, 0.15) is 53.4 Å². The number of hydrogen-bond acceptors (Lipinski definition) is 5. The number of nitrogens with two attached hydrogens (primary N) is 1. The average Bonchev–Trinajstić information content (AvgIpc) is 2.88. The second-order valence-electron chi connectivity index (χ2n) is 7.50. The third kappa shape index (κ3) is 6.31. The number of carbonyl (C=O) groups excluding carboxylic acids is 5. The van der Waals surface area contributed by atoms with E-state index < -0.39 is 23.8 Å². The van der Waals surface area contributed by atoms with Crippen LogP contribution in [0.25, 0.3) is 0 Å². The predicted octanol–water partition coefficient (Wildman–Crippen LogP) is -0.0699. The molecule has 4 N–H and O–H groups in total. The summed E-state index contributed by atoms with van der Waals surface area (Å²) in [4.78, 5) is 60.8. The zero-order chi connectivity index (χ0) is 21.4. The van der Waals surface area contributed by atoms with Crippen molar-refractivity contribution in [2.45, 2.75) is 59.4 Å². The quantitative estimate of drug-likeness (QED) is 0.420. The van der Waals surface area contributed by atoms with Crippen molar-refractivity contribution in [1.29, 1.82) is 0 Å². The van der Waals surface area contributed by atoms with Gasteiger partial charge < -0.3 is 16.4 Å². The Balaban J connectivity index is 2.46. The molecule has 28 heavy (non-hydrogen) atoms. The largest absolute Gasteiger partial charge is 0.368 e. The Morgan fingerprint density at radius 2 is 1.75 bits per heavy atom. The van der Waals surface area contributed by atoms with E-state index in [0.29, 0.717) is 0 Å². The highest BCUT2D eigenvalue weighted by Crippen LogP contribution is 2.30. The van der Waals surface area contributed by atoms with Gasteiger partial charge in [0.05, 0.1) is 5.92 Å². The predicted molar refractivity (Wildman–Crippen MR) is 102 cm³/mol. The molecule has 0 radical (unpaired) electrons. The molecule has 1 rings (SSSR count). The molecule has 1 saturated heterocycles. The number of nitrogens with zero attached hydrogens (tertiary/aromatic N) is 1. The topological polar surface area (TPSA) is 139 Å². The molecule has 1 aliphatic heterocycles. The highest BCUT2D eigenvalue weighted by atomic mass is 16.2. The van der Waals surface area contributed by atoms with E-state index in [9.17, 15) is 24.0 Å². The van der Waals surface area contributed by atoms with Gasteiger partial charge in [-0.05, 0) is 11.8 Å². The minimum atomic E-state index is -0.773. The molecule has 5 amide bonds. The van der Waals surface area contributed by atoms with Crippen LogP contribution >= 0.6 is 0 Å². The number of amides is 5. The SMILES string of the molecule is CCC(CC)C1CC(=O)N(CC(=O)NCCC(=O)N[C@H](C(N)=O)C(C)C)C1=O. The van der Waals surface area contributed by atoms with Gasteiger partial charge in [0.15, 0.2) is 0 Å². The van der Waals surface area contributed by atoms with Crippen molar-refractivity contribution in [3.63, 3.8) is 0 Å². The Morgan fingerprint density at radius 3 is 2.25 bits per heavy atom. The second kappa shape index (κ2) is 10.8. The molecule has 1 fully saturated rings. The van der Waals surface area contributed by atoms with Crippen LogP contribution in [0.5, 0.6) is 0 Å². The van der Waals surface area contributed by atoms with Crippen molar-refractivity contribution in [3.8, 4) is 0 Å². The fourth-order valence-electron chi connectivity index (χ4n) is 3.43. The van der Waals surface area contributed by atoms with Crippen molar-refractivity contribution in [2.24, 2.45) is 23.5 Å². The van der Waals surface area contributed by atoms with E-state index in [1.165, 1.54) is 0 Å². The molecule has 2 atom stereocenters. The molecule has 0 aromatic rings. The maximum absolute atomic E-state index is 12.5. The van der Waals surface area contributed by atoms with Crippen molar-refractivity contribution >= 4 is 29.5 Å². The van der Waals surface area contributed by atoms with Gasteiger partial charge in [0.2, 0.25) is 29.5 Å². The number of likely N-dealkylation sites (tertiary alicyclic amines) is 1. The number of rotatable bonds is 11. The first kappa shape index (κ1) is 23.6. The van der Waals surface area contributed by atoms with Crippen molar-refractivity contribution < 1.29 is 24.0 Å². The summed E-state index contributed by atoms with van der Waals surface area (Å²) in [5.41, 5.74) is 5.24. The Kier molecular flexibility index (Phi) is 9.08. The summed E-state index contributed by atoms with van der Waals surface area (Å²) in [5, 5.41) is 5.05. The van der Waals surface area contributed by atoms with Gasteiger partial charge in [-0.1, -0.05) is 40.5 Å². The van der Waals surface area contributed by atoms with Gasteiger partial charge in [0.1, 0.15) is 12.6 Å². The van der Waals surface area contributed by atoms with Gasteiger partial charge in [-0.15, -0.1) is 0 Å². The molecule has 9 heteroatoms. The molecule has 0 aromatic heterocycles. The van der Waals surface area contributed by atoms with Crippen molar-refractivity contribution in [1.82, 2.24) is 15.5 Å². The number of hydrogen-bond donors (Lipinski definition) is 3. The molecule has 0 spiro atoms. The smallest absolute Gasteiger partial charge is 0.240 e. The van der Waals surface area contributed by atoms with Gasteiger partial charge in [0.25, 0.3) is 0 Å². The molecular formula is C19H32N4O5. The lowest BCUT2D eigenvalue weighted by molar-refractivity contribution is -0.143. The molecular weight excluding hydrogens is 364 g/mol. The summed E-state index contributed by atoms with van der Waals surface area (Å²) >= 11 is 0. The highest BCUT2D eigenvalue weighted by Gasteiger charge is 2.42. The van der Waals surface area contributed by atoms with E-state index in [1.54, 1.807) is 13.8 Å². The standard InChI is InChI=1S/C19H32N4O5/c1-5-12(6-2)13-9-16(26)23(19(13)28)10-15(25)21-8-7-14(24)22-17(11(3)4)18(20)27/h11-13,17H,5-10H2,1-4H3,(H2,20,27)(H,21,25)(H,22,24)/t13?,17-/m0/s1. The van der Waals surface area contributed by atoms with Crippen LogP contribution in [0.3, 0.4) is 0 Å². The van der Waals surface area contributed by atoms with Crippen LogP contribution in [-0.4, -0.2) is 53.6 Å². The van der Waals surface area contributed by atoms with Gasteiger partial charge in [-0.3, -0.25) is 28.9 Å². The Labute approximate surface area is 165 Å². The number of primary amides is 1. The first-order chi connectivity index (χ1) is 13.1. The van der Waals surface area contributed by atoms with Gasteiger partial charge in [-0.25, -0.2) is 0 Å². The fourth-order valence-corrected chi connectivity index (χ4v) is 3.43. The van der Waals surface area contributed by atoms with Crippen molar-refractivity contribution in [3.05, 3.63) is 0 Å². The highest BCUT2D eigenvalue weighted by molar-refractivity contribution is 6.06. The summed E-state index contributed by atoms with van der Waals surface area (Å²) in [6, 6.07) is -0.773. The van der Waals surface area contributed by atoms with Crippen LogP contribution in [-0.2, 0) is 24.0 Å². The summed E-state index contributed by atoms with van der Waals surface area (Å²) in [5.74, 6) is -2.55. The summed E-state index contributed by atoms with van der Waals surface area (Å²) in [6.45, 7) is 7.17. The molecule has 0 bridgehead atoms. The van der Waals surface area contributed by atoms with E-state index in [0.717, 1.165) is 17.7 Å². The van der Waals surface area contributed by atoms with E-state index in [4.69, 9.17) is 5.73 Å². The zero-order valence-electron chi connectivity index (χ0n) is 17.1. The summed E-state index contributed by atoms with van der Waals surface area (Å²) < 4.78 is 0. The minimum absolute atomic E-state index is 0.0282. The van der Waals surface area contributed by atoms with Gasteiger partial charge >= 0.3 is 0 Å². The molecule has 0 aliphatic carbocycles. The fraction of sp³-hybridized carbons (Fsp3) is 0.737. The van der Waals surface area contributed by atoms with E-state index >= 15 is 0 Å². The second-order valence-corrected chi connectivity index (χ2v) is 7.50.